The minimum atomic E-state index is 0.155. The minimum Gasteiger partial charge on any atom is -0.458 e. The molecule has 4 aromatic carbocycles. The Morgan fingerprint density at radius 3 is 2.11 bits per heavy atom. The van der Waals surface area contributed by atoms with Crippen molar-refractivity contribution in [3.63, 3.8) is 0 Å². The predicted octanol–water partition coefficient (Wildman–Crippen LogP) is 4.28. The topological polar surface area (TPSA) is 9.23 Å². The zero-order chi connectivity index (χ0) is 18.2. The van der Waals surface area contributed by atoms with Crippen molar-refractivity contribution in [1.82, 2.24) is 0 Å². The highest BCUT2D eigenvalue weighted by atomic mass is 16.5. The number of benzene rings is 4. The largest absolute Gasteiger partial charge is 0.458 e. The molecule has 0 saturated heterocycles. The fraction of sp³-hybridized carbons (Fsp3) is 0.0400. The second kappa shape index (κ2) is 6.48. The molecule has 0 unspecified atom stereocenters. The zero-order valence-electron chi connectivity index (χ0n) is 15.2. The van der Waals surface area contributed by atoms with Crippen LogP contribution in [0.4, 0.5) is 0 Å². The molecular formula is C25H19BO. The molecule has 0 aromatic heterocycles. The van der Waals surface area contributed by atoms with E-state index in [0.717, 1.165) is 11.5 Å². The maximum Gasteiger partial charge on any atom is 0.251 e. The van der Waals surface area contributed by atoms with Crippen LogP contribution in [0.15, 0.2) is 97.1 Å². The molecule has 0 radical (unpaired) electrons. The van der Waals surface area contributed by atoms with Crippen LogP contribution in [0.2, 0.25) is 0 Å². The molecule has 0 fully saturated rings. The van der Waals surface area contributed by atoms with E-state index in [2.05, 4.69) is 97.9 Å². The van der Waals surface area contributed by atoms with Gasteiger partial charge in [0.2, 0.25) is 0 Å². The first-order valence-electron chi connectivity index (χ1n) is 9.33. The molecule has 1 heterocycles. The summed E-state index contributed by atoms with van der Waals surface area (Å²) in [6.45, 7) is 2.26. The van der Waals surface area contributed by atoms with Crippen molar-refractivity contribution in [2.75, 3.05) is 0 Å². The Hall–Kier alpha value is -3.26. The first-order chi connectivity index (χ1) is 13.3. The molecule has 1 nitrogen and oxygen atoms in total. The summed E-state index contributed by atoms with van der Waals surface area (Å²) < 4.78 is 6.26. The van der Waals surface area contributed by atoms with Crippen molar-refractivity contribution in [2.45, 2.75) is 6.92 Å². The maximum atomic E-state index is 6.26. The highest BCUT2D eigenvalue weighted by Crippen LogP contribution is 2.26. The standard InChI is InChI=1S/C25H19BO/c1-18-15-16-23-25(17-18)27-24-14-8-7-13-22(24)26(23)21-12-6-5-11-20(21)19-9-3-2-4-10-19/h2-17H,1H3. The van der Waals surface area contributed by atoms with Crippen LogP contribution in [-0.2, 0) is 0 Å². The molecule has 0 saturated carbocycles. The average Bonchev–Trinajstić information content (AvgIpc) is 2.72. The molecule has 0 aliphatic carbocycles. The highest BCUT2D eigenvalue weighted by molar-refractivity contribution is 6.97. The quantitative estimate of drug-likeness (QED) is 0.434. The van der Waals surface area contributed by atoms with Crippen LogP contribution in [0.1, 0.15) is 5.56 Å². The number of rotatable bonds is 2. The Morgan fingerprint density at radius 1 is 0.593 bits per heavy atom. The molecule has 0 spiro atoms. The number of para-hydroxylation sites is 1. The summed E-state index contributed by atoms with van der Waals surface area (Å²) in [5, 5.41) is 0. The van der Waals surface area contributed by atoms with E-state index in [1.54, 1.807) is 0 Å². The van der Waals surface area contributed by atoms with E-state index in [4.69, 9.17) is 4.74 Å². The molecule has 1 aliphatic rings. The third-order valence-electron chi connectivity index (χ3n) is 5.29. The van der Waals surface area contributed by atoms with Gasteiger partial charge in [-0.2, -0.15) is 0 Å². The van der Waals surface area contributed by atoms with Crippen molar-refractivity contribution in [2.24, 2.45) is 0 Å². The third kappa shape index (κ3) is 2.74. The van der Waals surface area contributed by atoms with Gasteiger partial charge >= 0.3 is 0 Å². The van der Waals surface area contributed by atoms with Crippen molar-refractivity contribution >= 4 is 23.1 Å². The van der Waals surface area contributed by atoms with Gasteiger partial charge < -0.3 is 4.74 Å². The average molecular weight is 346 g/mol. The number of hydrogen-bond donors (Lipinski definition) is 0. The summed E-state index contributed by atoms with van der Waals surface area (Å²) in [6.07, 6.45) is 0. The van der Waals surface area contributed by atoms with E-state index in [-0.39, 0.29) is 6.71 Å². The Kier molecular flexibility index (Phi) is 3.83. The number of hydrogen-bond acceptors (Lipinski definition) is 1. The van der Waals surface area contributed by atoms with Crippen LogP contribution >= 0.6 is 0 Å². The fourth-order valence-electron chi connectivity index (χ4n) is 4.03. The van der Waals surface area contributed by atoms with E-state index in [1.807, 2.05) is 6.07 Å². The molecule has 0 bridgehead atoms. The van der Waals surface area contributed by atoms with E-state index >= 15 is 0 Å². The van der Waals surface area contributed by atoms with E-state index in [1.165, 1.54) is 33.1 Å². The highest BCUT2D eigenvalue weighted by Gasteiger charge is 2.33. The lowest BCUT2D eigenvalue weighted by Crippen LogP contribution is -2.55. The fourth-order valence-corrected chi connectivity index (χ4v) is 4.03. The Balaban J connectivity index is 1.78. The second-order valence-electron chi connectivity index (χ2n) is 7.07. The smallest absolute Gasteiger partial charge is 0.251 e. The first kappa shape index (κ1) is 16.0. The van der Waals surface area contributed by atoms with Gasteiger partial charge in [0.15, 0.2) is 0 Å². The van der Waals surface area contributed by atoms with Crippen molar-refractivity contribution < 1.29 is 4.74 Å². The summed E-state index contributed by atoms with van der Waals surface area (Å²) in [5.41, 5.74) is 7.48. The van der Waals surface area contributed by atoms with E-state index in [9.17, 15) is 0 Å². The molecule has 0 amide bonds. The number of fused-ring (bicyclic) bond motifs is 2. The van der Waals surface area contributed by atoms with Crippen LogP contribution in [0.3, 0.4) is 0 Å². The van der Waals surface area contributed by atoms with Gasteiger partial charge in [0, 0.05) is 0 Å². The van der Waals surface area contributed by atoms with Crippen molar-refractivity contribution in [3.05, 3.63) is 103 Å². The van der Waals surface area contributed by atoms with Crippen LogP contribution in [-0.4, -0.2) is 6.71 Å². The molecule has 0 atom stereocenters. The Morgan fingerprint density at radius 2 is 1.26 bits per heavy atom. The Labute approximate surface area is 160 Å². The van der Waals surface area contributed by atoms with E-state index < -0.39 is 0 Å². The van der Waals surface area contributed by atoms with Crippen molar-refractivity contribution in [1.29, 1.82) is 0 Å². The minimum absolute atomic E-state index is 0.155. The molecule has 2 heteroatoms. The molecule has 27 heavy (non-hydrogen) atoms. The van der Waals surface area contributed by atoms with Crippen LogP contribution in [0.5, 0.6) is 11.5 Å². The van der Waals surface area contributed by atoms with Gasteiger partial charge in [-0.3, -0.25) is 0 Å². The molecular weight excluding hydrogens is 327 g/mol. The maximum absolute atomic E-state index is 6.26. The number of ether oxygens (including phenoxy) is 1. The van der Waals surface area contributed by atoms with Crippen LogP contribution in [0, 0.1) is 6.92 Å². The lowest BCUT2D eigenvalue weighted by molar-refractivity contribution is 0.487. The van der Waals surface area contributed by atoms with Gasteiger partial charge in [0.05, 0.1) is 0 Å². The monoisotopic (exact) mass is 346 g/mol. The second-order valence-corrected chi connectivity index (χ2v) is 7.07. The molecule has 4 aromatic rings. The van der Waals surface area contributed by atoms with Gasteiger partial charge in [-0.15, -0.1) is 0 Å². The molecule has 1 aliphatic heterocycles. The summed E-state index contributed by atoms with van der Waals surface area (Å²) in [4.78, 5) is 0. The molecule has 0 N–H and O–H groups in total. The zero-order valence-corrected chi connectivity index (χ0v) is 15.2. The lowest BCUT2D eigenvalue weighted by atomic mass is 9.35. The summed E-state index contributed by atoms with van der Waals surface area (Å²) in [6, 6.07) is 34.3. The van der Waals surface area contributed by atoms with Crippen molar-refractivity contribution in [3.8, 4) is 22.6 Å². The lowest BCUT2D eigenvalue weighted by Gasteiger charge is -2.28. The molecule has 128 valence electrons. The van der Waals surface area contributed by atoms with Gasteiger partial charge in [-0.1, -0.05) is 90.4 Å². The SMILES string of the molecule is Cc1ccc2c(c1)Oc1ccccc1B2c1ccccc1-c1ccccc1. The first-order valence-corrected chi connectivity index (χ1v) is 9.33. The predicted molar refractivity (Wildman–Crippen MR) is 114 cm³/mol. The summed E-state index contributed by atoms with van der Waals surface area (Å²) >= 11 is 0. The number of aryl methyl sites for hydroxylation is 1. The molecule has 5 rings (SSSR count). The normalized spacial score (nSPS) is 12.1. The summed E-state index contributed by atoms with van der Waals surface area (Å²) in [7, 11) is 0. The Bertz CT molecular complexity index is 1120. The summed E-state index contributed by atoms with van der Waals surface area (Å²) in [5.74, 6) is 1.91. The van der Waals surface area contributed by atoms with Gasteiger partial charge in [0.25, 0.3) is 6.71 Å². The van der Waals surface area contributed by atoms with Gasteiger partial charge in [0.1, 0.15) is 11.5 Å². The van der Waals surface area contributed by atoms with Gasteiger partial charge in [-0.05, 0) is 46.7 Å². The van der Waals surface area contributed by atoms with Gasteiger partial charge in [-0.25, -0.2) is 0 Å². The van der Waals surface area contributed by atoms with E-state index in [0.29, 0.717) is 0 Å². The third-order valence-corrected chi connectivity index (χ3v) is 5.29. The van der Waals surface area contributed by atoms with Crippen LogP contribution in [0.25, 0.3) is 11.1 Å². The van der Waals surface area contributed by atoms with Crippen LogP contribution < -0.4 is 21.1 Å².